The van der Waals surface area contributed by atoms with Crippen molar-refractivity contribution in [2.75, 3.05) is 6.61 Å². The van der Waals surface area contributed by atoms with Crippen LogP contribution in [0.4, 0.5) is 0 Å². The molecule has 0 rings (SSSR count). The van der Waals surface area contributed by atoms with Crippen LogP contribution in [0.25, 0.3) is 0 Å². The highest BCUT2D eigenvalue weighted by atomic mass is 17.2. The lowest BCUT2D eigenvalue weighted by Crippen LogP contribution is -2.19. The zero-order valence-corrected chi connectivity index (χ0v) is 11.4. The maximum absolute atomic E-state index is 10.6. The quantitative estimate of drug-likeness (QED) is 0.325. The van der Waals surface area contributed by atoms with Gasteiger partial charge in [0.15, 0.2) is 6.10 Å². The third-order valence-corrected chi connectivity index (χ3v) is 1.78. The van der Waals surface area contributed by atoms with Gasteiger partial charge in [-0.05, 0) is 26.7 Å². The minimum Gasteiger partial charge on any atom is -0.382 e. The summed E-state index contributed by atoms with van der Waals surface area (Å²) in [4.78, 5) is 19.4. The first-order chi connectivity index (χ1) is 8.09. The minimum absolute atomic E-state index is 0.395. The molecule has 0 radical (unpaired) electrons. The molecule has 1 N–H and O–H groups in total. The number of aliphatic hydroxyl groups is 1. The Hall–Kier alpha value is -0.870. The molecule has 0 aromatic carbocycles. The molecule has 0 spiro atoms. The number of hydrogen-bond acceptors (Lipinski definition) is 4. The van der Waals surface area contributed by atoms with Crippen LogP contribution in [0.1, 0.15) is 53.4 Å². The summed E-state index contributed by atoms with van der Waals surface area (Å²) >= 11 is 0. The van der Waals surface area contributed by atoms with Crippen LogP contribution < -0.4 is 0 Å². The molecule has 0 amide bonds. The van der Waals surface area contributed by atoms with Crippen molar-refractivity contribution in [1.82, 2.24) is 0 Å². The predicted molar refractivity (Wildman–Crippen MR) is 68.4 cm³/mol. The average molecular weight is 246 g/mol. The zero-order chi connectivity index (χ0) is 13.5. The fourth-order valence-electron chi connectivity index (χ4n) is 0.816. The summed E-state index contributed by atoms with van der Waals surface area (Å²) in [5, 5.41) is 8.67. The molecule has 4 nitrogen and oxygen atoms in total. The van der Waals surface area contributed by atoms with Crippen LogP contribution in [0, 0.1) is 0 Å². The Kier molecular flexibility index (Phi) is 16.5. The van der Waals surface area contributed by atoms with Crippen molar-refractivity contribution in [2.45, 2.75) is 59.5 Å². The number of allylic oxidation sites excluding steroid dienone is 2. The van der Waals surface area contributed by atoms with E-state index in [1.54, 1.807) is 0 Å². The molecule has 0 heterocycles. The Labute approximate surface area is 105 Å². The topological polar surface area (TPSA) is 55.8 Å². The first-order valence-corrected chi connectivity index (χ1v) is 6.22. The standard InChI is InChI=1S/C8H16O4.C5H10/c1-3-4-5-6-11-12-8(10)7(2)9;1-3-5-4-2/h7,9H,3-6H2,1-2H3;3,5H,4H2,1-2H3. The van der Waals surface area contributed by atoms with Crippen molar-refractivity contribution in [3.63, 3.8) is 0 Å². The van der Waals surface area contributed by atoms with E-state index in [0.717, 1.165) is 25.7 Å². The van der Waals surface area contributed by atoms with Gasteiger partial charge in [0.2, 0.25) is 0 Å². The zero-order valence-electron chi connectivity index (χ0n) is 11.4. The molecule has 4 heteroatoms. The number of aliphatic hydroxyl groups excluding tert-OH is 1. The molecule has 0 saturated heterocycles. The number of rotatable bonds is 7. The molecule has 0 aliphatic heterocycles. The number of carbonyl (C=O) groups is 1. The van der Waals surface area contributed by atoms with Crippen LogP contribution in [-0.4, -0.2) is 23.8 Å². The summed E-state index contributed by atoms with van der Waals surface area (Å²) in [6, 6.07) is 0. The van der Waals surface area contributed by atoms with Gasteiger partial charge >= 0.3 is 5.97 Å². The normalized spacial score (nSPS) is 11.8. The highest BCUT2D eigenvalue weighted by Gasteiger charge is 2.10. The van der Waals surface area contributed by atoms with Gasteiger partial charge in [-0.25, -0.2) is 4.79 Å². The van der Waals surface area contributed by atoms with Crippen molar-refractivity contribution in [2.24, 2.45) is 0 Å². The average Bonchev–Trinajstić information content (AvgIpc) is 2.30. The molecule has 17 heavy (non-hydrogen) atoms. The minimum atomic E-state index is -1.11. The smallest absolute Gasteiger partial charge is 0.370 e. The van der Waals surface area contributed by atoms with E-state index in [2.05, 4.69) is 35.8 Å². The number of hydrogen-bond donors (Lipinski definition) is 1. The van der Waals surface area contributed by atoms with Gasteiger partial charge in [-0.15, -0.1) is 0 Å². The first kappa shape index (κ1) is 18.5. The van der Waals surface area contributed by atoms with Gasteiger partial charge in [-0.2, -0.15) is 4.89 Å². The Balaban J connectivity index is 0. The molecule has 0 aromatic rings. The molecular weight excluding hydrogens is 220 g/mol. The lowest BCUT2D eigenvalue weighted by atomic mass is 10.3. The lowest BCUT2D eigenvalue weighted by molar-refractivity contribution is -0.278. The number of unbranched alkanes of at least 4 members (excludes halogenated alkanes) is 2. The second-order valence-corrected chi connectivity index (χ2v) is 3.58. The second-order valence-electron chi connectivity index (χ2n) is 3.58. The third-order valence-electron chi connectivity index (χ3n) is 1.78. The Morgan fingerprint density at radius 2 is 2.00 bits per heavy atom. The van der Waals surface area contributed by atoms with E-state index in [9.17, 15) is 4.79 Å². The molecule has 0 aromatic heterocycles. The highest BCUT2D eigenvalue weighted by Crippen LogP contribution is 1.95. The van der Waals surface area contributed by atoms with Crippen LogP contribution in [-0.2, 0) is 14.6 Å². The van der Waals surface area contributed by atoms with Crippen molar-refractivity contribution < 1.29 is 19.7 Å². The molecule has 0 aliphatic carbocycles. The maximum Gasteiger partial charge on any atom is 0.370 e. The summed E-state index contributed by atoms with van der Waals surface area (Å²) in [5.74, 6) is -0.744. The largest absolute Gasteiger partial charge is 0.382 e. The van der Waals surface area contributed by atoms with Crippen molar-refractivity contribution in [1.29, 1.82) is 0 Å². The molecule has 0 aliphatic rings. The highest BCUT2D eigenvalue weighted by molar-refractivity contribution is 5.73. The molecule has 1 atom stereocenters. The van der Waals surface area contributed by atoms with E-state index in [1.807, 2.05) is 6.92 Å². The second kappa shape index (κ2) is 15.1. The first-order valence-electron chi connectivity index (χ1n) is 6.22. The summed E-state index contributed by atoms with van der Waals surface area (Å²) in [6.45, 7) is 7.95. The fourth-order valence-corrected chi connectivity index (χ4v) is 0.816. The molecule has 1 unspecified atom stereocenters. The van der Waals surface area contributed by atoms with E-state index in [-0.39, 0.29) is 0 Å². The molecule has 0 fully saturated rings. The molecular formula is C13H26O4. The summed E-state index contributed by atoms with van der Waals surface area (Å²) in [5.41, 5.74) is 0. The van der Waals surface area contributed by atoms with Crippen LogP contribution in [0.5, 0.6) is 0 Å². The van der Waals surface area contributed by atoms with Crippen LogP contribution >= 0.6 is 0 Å². The molecule has 0 saturated carbocycles. The van der Waals surface area contributed by atoms with E-state index < -0.39 is 12.1 Å². The third kappa shape index (κ3) is 17.7. The van der Waals surface area contributed by atoms with Gasteiger partial charge < -0.3 is 5.11 Å². The number of carbonyl (C=O) groups excluding carboxylic acids is 1. The summed E-state index contributed by atoms with van der Waals surface area (Å²) < 4.78 is 0. The van der Waals surface area contributed by atoms with Crippen molar-refractivity contribution >= 4 is 5.97 Å². The fraction of sp³-hybridized carbons (Fsp3) is 0.769. The van der Waals surface area contributed by atoms with E-state index in [0.29, 0.717) is 6.61 Å². The lowest BCUT2D eigenvalue weighted by Gasteiger charge is -2.04. The summed E-state index contributed by atoms with van der Waals surface area (Å²) in [7, 11) is 0. The van der Waals surface area contributed by atoms with Crippen LogP contribution in [0.15, 0.2) is 12.2 Å². The van der Waals surface area contributed by atoms with Gasteiger partial charge in [-0.3, -0.25) is 4.89 Å². The predicted octanol–water partition coefficient (Wildman–Crippen LogP) is 3.00. The maximum atomic E-state index is 10.6. The molecule has 102 valence electrons. The van der Waals surface area contributed by atoms with Gasteiger partial charge in [0.05, 0.1) is 6.61 Å². The van der Waals surface area contributed by atoms with E-state index in [4.69, 9.17) is 5.11 Å². The van der Waals surface area contributed by atoms with Crippen LogP contribution in [0.3, 0.4) is 0 Å². The van der Waals surface area contributed by atoms with Gasteiger partial charge in [-0.1, -0.05) is 38.8 Å². The van der Waals surface area contributed by atoms with Crippen molar-refractivity contribution in [3.05, 3.63) is 12.2 Å². The van der Waals surface area contributed by atoms with Gasteiger partial charge in [0.1, 0.15) is 0 Å². The molecule has 0 bridgehead atoms. The van der Waals surface area contributed by atoms with Crippen LogP contribution in [0.2, 0.25) is 0 Å². The van der Waals surface area contributed by atoms with E-state index in [1.165, 1.54) is 6.92 Å². The Morgan fingerprint density at radius 1 is 1.35 bits per heavy atom. The SMILES string of the molecule is CC=CCC.CCCCCOOC(=O)C(C)O. The van der Waals surface area contributed by atoms with Gasteiger partial charge in [0.25, 0.3) is 0 Å². The monoisotopic (exact) mass is 246 g/mol. The summed E-state index contributed by atoms with van der Waals surface area (Å²) in [6.07, 6.45) is 7.23. The van der Waals surface area contributed by atoms with Gasteiger partial charge in [0, 0.05) is 0 Å². The van der Waals surface area contributed by atoms with E-state index >= 15 is 0 Å². The van der Waals surface area contributed by atoms with Crippen molar-refractivity contribution in [3.8, 4) is 0 Å². The Morgan fingerprint density at radius 3 is 2.35 bits per heavy atom. The Bertz CT molecular complexity index is 188.